The molecule has 0 aromatic heterocycles. The minimum absolute atomic E-state index is 0.00898. The van der Waals surface area contributed by atoms with Crippen molar-refractivity contribution in [1.29, 1.82) is 0 Å². The Bertz CT molecular complexity index is 687. The van der Waals surface area contributed by atoms with Gasteiger partial charge in [0.15, 0.2) is 6.61 Å². The van der Waals surface area contributed by atoms with Crippen LogP contribution in [0.25, 0.3) is 0 Å². The molecule has 2 N–H and O–H groups in total. The van der Waals surface area contributed by atoms with E-state index in [-0.39, 0.29) is 39.1 Å². The second-order valence-electron chi connectivity index (χ2n) is 5.60. The van der Waals surface area contributed by atoms with Gasteiger partial charge in [0.25, 0.3) is 5.91 Å². The molecular formula is C16H18Cl2N2O5. The van der Waals surface area contributed by atoms with Gasteiger partial charge in [0, 0.05) is 18.1 Å². The molecule has 1 amide bonds. The number of nitrogens with zero attached hydrogens (tertiary/aromatic N) is 1. The highest BCUT2D eigenvalue weighted by atomic mass is 35.5. The molecule has 0 spiro atoms. The summed E-state index contributed by atoms with van der Waals surface area (Å²) in [5.74, 6) is -1.60. The van der Waals surface area contributed by atoms with Gasteiger partial charge in [-0.05, 0) is 25.0 Å². The number of esters is 2. The van der Waals surface area contributed by atoms with Gasteiger partial charge in [0.1, 0.15) is 0 Å². The molecule has 0 unspecified atom stereocenters. The Kier molecular flexibility index (Phi) is 6.50. The molecule has 0 atom stereocenters. The lowest BCUT2D eigenvalue weighted by molar-refractivity contribution is -0.149. The van der Waals surface area contributed by atoms with Gasteiger partial charge in [0.2, 0.25) is 0 Å². The normalized spacial score (nSPS) is 14.9. The first-order chi connectivity index (χ1) is 11.8. The van der Waals surface area contributed by atoms with Crippen molar-refractivity contribution in [3.8, 4) is 0 Å². The molecule has 7 nitrogen and oxygen atoms in total. The Hall–Kier alpha value is -1.99. The van der Waals surface area contributed by atoms with Crippen LogP contribution in [-0.2, 0) is 19.1 Å². The molecule has 0 saturated carbocycles. The third kappa shape index (κ3) is 4.76. The van der Waals surface area contributed by atoms with Gasteiger partial charge < -0.3 is 20.1 Å². The van der Waals surface area contributed by atoms with Crippen LogP contribution in [0.15, 0.2) is 12.1 Å². The number of methoxy groups -OCH3 is 1. The number of benzene rings is 1. The monoisotopic (exact) mass is 388 g/mol. The molecule has 2 rings (SSSR count). The van der Waals surface area contributed by atoms with Crippen LogP contribution in [0, 0.1) is 5.92 Å². The van der Waals surface area contributed by atoms with E-state index in [1.807, 2.05) is 0 Å². The highest BCUT2D eigenvalue weighted by Crippen LogP contribution is 2.28. The molecule has 1 heterocycles. The number of anilines is 1. The Morgan fingerprint density at radius 2 is 1.88 bits per heavy atom. The number of nitrogens with two attached hydrogens (primary N) is 1. The number of carbonyl (C=O) groups is 3. The smallest absolute Gasteiger partial charge is 0.340 e. The largest absolute Gasteiger partial charge is 0.469 e. The Labute approximate surface area is 154 Å². The van der Waals surface area contributed by atoms with Crippen molar-refractivity contribution < 1.29 is 23.9 Å². The van der Waals surface area contributed by atoms with E-state index in [2.05, 4.69) is 0 Å². The molecule has 1 aliphatic rings. The number of hydrogen-bond donors (Lipinski definition) is 1. The Balaban J connectivity index is 1.88. The lowest BCUT2D eigenvalue weighted by Gasteiger charge is -2.30. The van der Waals surface area contributed by atoms with Crippen LogP contribution in [0.4, 0.5) is 5.69 Å². The third-order valence-corrected chi connectivity index (χ3v) is 4.55. The number of carbonyl (C=O) groups excluding carboxylic acids is 3. The van der Waals surface area contributed by atoms with Crippen molar-refractivity contribution in [2.75, 3.05) is 32.5 Å². The van der Waals surface area contributed by atoms with Crippen LogP contribution in [0.5, 0.6) is 0 Å². The van der Waals surface area contributed by atoms with Crippen LogP contribution in [0.1, 0.15) is 23.2 Å². The fourth-order valence-corrected chi connectivity index (χ4v) is 3.07. The molecule has 0 bridgehead atoms. The van der Waals surface area contributed by atoms with Gasteiger partial charge in [-0.2, -0.15) is 0 Å². The van der Waals surface area contributed by atoms with Crippen molar-refractivity contribution in [2.24, 2.45) is 5.92 Å². The summed E-state index contributed by atoms with van der Waals surface area (Å²) in [6.45, 7) is 0.383. The average Bonchev–Trinajstić information content (AvgIpc) is 2.61. The number of halogens is 2. The first kappa shape index (κ1) is 19.3. The van der Waals surface area contributed by atoms with E-state index in [1.165, 1.54) is 19.2 Å². The summed E-state index contributed by atoms with van der Waals surface area (Å²) in [4.78, 5) is 37.3. The van der Waals surface area contributed by atoms with Crippen molar-refractivity contribution in [2.45, 2.75) is 12.8 Å². The van der Waals surface area contributed by atoms with E-state index < -0.39 is 12.6 Å². The maximum atomic E-state index is 12.1. The third-order valence-electron chi connectivity index (χ3n) is 4.02. The molecule has 1 aromatic carbocycles. The highest BCUT2D eigenvalue weighted by molar-refractivity contribution is 6.37. The summed E-state index contributed by atoms with van der Waals surface area (Å²) in [5.41, 5.74) is 5.78. The maximum Gasteiger partial charge on any atom is 0.340 e. The fourth-order valence-electron chi connectivity index (χ4n) is 2.58. The summed E-state index contributed by atoms with van der Waals surface area (Å²) in [7, 11) is 1.34. The standard InChI is InChI=1S/C16H18Cl2N2O5/c1-24-15(22)9-2-4-20(5-3-9)13(21)8-25-16(23)11-6-10(17)7-12(18)14(11)19/h6-7,9H,2-5,8,19H2,1H3. The SMILES string of the molecule is COC(=O)C1CCN(C(=O)COC(=O)c2cc(Cl)cc(Cl)c2N)CC1. The van der Waals surface area contributed by atoms with Crippen LogP contribution in [0.2, 0.25) is 10.0 Å². The average molecular weight is 389 g/mol. The molecule has 136 valence electrons. The van der Waals surface area contributed by atoms with Crippen LogP contribution in [-0.4, -0.2) is 49.6 Å². The number of piperidine rings is 1. The molecule has 1 aliphatic heterocycles. The van der Waals surface area contributed by atoms with Gasteiger partial charge in [-0.15, -0.1) is 0 Å². The molecule has 1 saturated heterocycles. The predicted molar refractivity (Wildman–Crippen MR) is 92.5 cm³/mol. The first-order valence-corrected chi connectivity index (χ1v) is 8.36. The molecule has 9 heteroatoms. The maximum absolute atomic E-state index is 12.1. The van der Waals surface area contributed by atoms with Crippen molar-refractivity contribution >= 4 is 46.7 Å². The van der Waals surface area contributed by atoms with E-state index >= 15 is 0 Å². The molecule has 1 fully saturated rings. The zero-order valence-electron chi connectivity index (χ0n) is 13.6. The van der Waals surface area contributed by atoms with Crippen molar-refractivity contribution in [3.63, 3.8) is 0 Å². The number of rotatable bonds is 4. The van der Waals surface area contributed by atoms with Crippen LogP contribution in [0.3, 0.4) is 0 Å². The number of ether oxygens (including phenoxy) is 2. The number of nitrogen functional groups attached to an aromatic ring is 1. The summed E-state index contributed by atoms with van der Waals surface area (Å²) >= 11 is 11.7. The highest BCUT2D eigenvalue weighted by Gasteiger charge is 2.28. The second-order valence-corrected chi connectivity index (χ2v) is 6.45. The number of amides is 1. The zero-order chi connectivity index (χ0) is 18.6. The lowest BCUT2D eigenvalue weighted by atomic mass is 9.97. The van der Waals surface area contributed by atoms with E-state index in [0.717, 1.165) is 0 Å². The minimum atomic E-state index is -0.778. The molecular weight excluding hydrogens is 371 g/mol. The van der Waals surface area contributed by atoms with Gasteiger partial charge >= 0.3 is 11.9 Å². The second kappa shape index (κ2) is 8.40. The van der Waals surface area contributed by atoms with Gasteiger partial charge in [-0.1, -0.05) is 23.2 Å². The molecule has 1 aromatic rings. The predicted octanol–water partition coefficient (Wildman–Crippen LogP) is 2.14. The minimum Gasteiger partial charge on any atom is -0.469 e. The van der Waals surface area contributed by atoms with Gasteiger partial charge in [-0.3, -0.25) is 9.59 Å². The number of likely N-dealkylation sites (tertiary alicyclic amines) is 1. The first-order valence-electron chi connectivity index (χ1n) is 7.60. The summed E-state index contributed by atoms with van der Waals surface area (Å²) in [6.07, 6.45) is 1.03. The van der Waals surface area contributed by atoms with Crippen molar-refractivity contribution in [3.05, 3.63) is 27.7 Å². The Morgan fingerprint density at radius 3 is 2.48 bits per heavy atom. The molecule has 0 radical (unpaired) electrons. The molecule has 0 aliphatic carbocycles. The summed E-state index contributed by atoms with van der Waals surface area (Å²) in [5, 5.41) is 0.373. The van der Waals surface area contributed by atoms with Crippen LogP contribution < -0.4 is 5.73 Å². The summed E-state index contributed by atoms with van der Waals surface area (Å²) in [6, 6.07) is 2.74. The fraction of sp³-hybridized carbons (Fsp3) is 0.438. The van der Waals surface area contributed by atoms with E-state index in [1.54, 1.807) is 4.90 Å². The van der Waals surface area contributed by atoms with Gasteiger partial charge in [-0.25, -0.2) is 4.79 Å². The van der Waals surface area contributed by atoms with Gasteiger partial charge in [0.05, 0.1) is 29.3 Å². The number of hydrogen-bond acceptors (Lipinski definition) is 6. The zero-order valence-corrected chi connectivity index (χ0v) is 15.1. The summed E-state index contributed by atoms with van der Waals surface area (Å²) < 4.78 is 9.71. The topological polar surface area (TPSA) is 98.9 Å². The van der Waals surface area contributed by atoms with E-state index in [4.69, 9.17) is 38.4 Å². The van der Waals surface area contributed by atoms with E-state index in [0.29, 0.717) is 25.9 Å². The van der Waals surface area contributed by atoms with E-state index in [9.17, 15) is 14.4 Å². The van der Waals surface area contributed by atoms with Crippen LogP contribution >= 0.6 is 23.2 Å². The quantitative estimate of drug-likeness (QED) is 0.626. The lowest BCUT2D eigenvalue weighted by Crippen LogP contribution is -2.42. The molecule has 25 heavy (non-hydrogen) atoms. The Morgan fingerprint density at radius 1 is 1.24 bits per heavy atom. The van der Waals surface area contributed by atoms with Crippen molar-refractivity contribution in [1.82, 2.24) is 4.90 Å².